The van der Waals surface area contributed by atoms with Crippen molar-refractivity contribution >= 4 is 29.1 Å². The summed E-state index contributed by atoms with van der Waals surface area (Å²) in [4.78, 5) is 35.1. The molecule has 5 rings (SSSR count). The number of carbonyl (C=O) groups excluding carboxylic acids is 2. The van der Waals surface area contributed by atoms with Gasteiger partial charge in [-0.25, -0.2) is 0 Å². The predicted octanol–water partition coefficient (Wildman–Crippen LogP) is 5.26. The first kappa shape index (κ1) is 25.4. The van der Waals surface area contributed by atoms with Crippen molar-refractivity contribution in [3.05, 3.63) is 65.0 Å². The molecule has 37 heavy (non-hydrogen) atoms. The Balaban J connectivity index is 1.22. The number of para-hydroxylation sites is 1. The predicted molar refractivity (Wildman–Crippen MR) is 142 cm³/mol. The van der Waals surface area contributed by atoms with E-state index in [4.69, 9.17) is 16.1 Å². The highest BCUT2D eigenvalue weighted by Crippen LogP contribution is 2.27. The topological polar surface area (TPSA) is 91.6 Å². The summed E-state index contributed by atoms with van der Waals surface area (Å²) in [5, 5.41) is 7.70. The summed E-state index contributed by atoms with van der Waals surface area (Å²) in [7, 11) is 0. The number of hydrogen-bond donors (Lipinski definition) is 1. The van der Waals surface area contributed by atoms with Crippen LogP contribution in [0.4, 0.5) is 5.69 Å². The van der Waals surface area contributed by atoms with Crippen molar-refractivity contribution < 1.29 is 14.1 Å². The van der Waals surface area contributed by atoms with Crippen molar-refractivity contribution in [1.29, 1.82) is 0 Å². The molecule has 0 aliphatic carbocycles. The van der Waals surface area contributed by atoms with Crippen molar-refractivity contribution in [2.75, 3.05) is 31.5 Å². The van der Waals surface area contributed by atoms with E-state index in [0.717, 1.165) is 63.7 Å². The lowest BCUT2D eigenvalue weighted by molar-refractivity contribution is -0.121. The number of amides is 2. The van der Waals surface area contributed by atoms with Crippen molar-refractivity contribution in [3.63, 3.8) is 0 Å². The van der Waals surface area contributed by atoms with E-state index in [0.29, 0.717) is 41.1 Å². The zero-order chi connectivity index (χ0) is 25.6. The Morgan fingerprint density at radius 1 is 0.973 bits per heavy atom. The minimum absolute atomic E-state index is 0.00575. The second-order valence-corrected chi connectivity index (χ2v) is 10.2. The number of piperidine rings is 1. The molecule has 2 amide bonds. The maximum atomic E-state index is 13.3. The SMILES string of the molecule is O=C(Nc1ccccc1C(=O)N1CCCCCC1)C1CCCN(Cc2nc(-c3ccccc3Cl)no2)C1. The third-order valence-electron chi connectivity index (χ3n) is 7.13. The molecule has 0 saturated carbocycles. The van der Waals surface area contributed by atoms with Gasteiger partial charge in [0.1, 0.15) is 0 Å². The minimum Gasteiger partial charge on any atom is -0.339 e. The lowest BCUT2D eigenvalue weighted by Gasteiger charge is -2.31. The van der Waals surface area contributed by atoms with Gasteiger partial charge in [-0.05, 0) is 56.5 Å². The molecule has 8 nitrogen and oxygen atoms in total. The van der Waals surface area contributed by atoms with E-state index in [-0.39, 0.29) is 17.7 Å². The fourth-order valence-electron chi connectivity index (χ4n) is 5.13. The molecule has 0 radical (unpaired) electrons. The minimum atomic E-state index is -0.193. The van der Waals surface area contributed by atoms with Gasteiger partial charge in [-0.15, -0.1) is 0 Å². The van der Waals surface area contributed by atoms with Crippen LogP contribution in [0.5, 0.6) is 0 Å². The Kier molecular flexibility index (Phi) is 8.16. The van der Waals surface area contributed by atoms with Crippen molar-refractivity contribution in [3.8, 4) is 11.4 Å². The number of rotatable bonds is 6. The van der Waals surface area contributed by atoms with Gasteiger partial charge in [0.25, 0.3) is 5.91 Å². The Hall–Kier alpha value is -3.23. The average Bonchev–Trinajstić information content (AvgIpc) is 3.20. The third kappa shape index (κ3) is 6.19. The highest BCUT2D eigenvalue weighted by Gasteiger charge is 2.28. The largest absolute Gasteiger partial charge is 0.339 e. The van der Waals surface area contributed by atoms with Crippen LogP contribution in [0.15, 0.2) is 53.1 Å². The van der Waals surface area contributed by atoms with E-state index in [1.165, 1.54) is 0 Å². The van der Waals surface area contributed by atoms with E-state index in [2.05, 4.69) is 20.4 Å². The van der Waals surface area contributed by atoms with Crippen LogP contribution in [-0.4, -0.2) is 57.9 Å². The molecule has 1 N–H and O–H groups in total. The Labute approximate surface area is 222 Å². The van der Waals surface area contributed by atoms with Gasteiger partial charge in [0.05, 0.1) is 28.7 Å². The summed E-state index contributed by atoms with van der Waals surface area (Å²) in [6, 6.07) is 14.7. The Morgan fingerprint density at radius 3 is 2.54 bits per heavy atom. The number of halogens is 1. The smallest absolute Gasteiger partial charge is 0.255 e. The molecule has 1 atom stereocenters. The van der Waals surface area contributed by atoms with E-state index >= 15 is 0 Å². The molecule has 2 aromatic carbocycles. The lowest BCUT2D eigenvalue weighted by Crippen LogP contribution is -2.40. The first-order chi connectivity index (χ1) is 18.1. The second-order valence-electron chi connectivity index (χ2n) is 9.81. The zero-order valence-electron chi connectivity index (χ0n) is 20.9. The molecule has 194 valence electrons. The normalized spacial score (nSPS) is 18.8. The van der Waals surface area contributed by atoms with Crippen LogP contribution in [-0.2, 0) is 11.3 Å². The molecular weight excluding hydrogens is 490 g/mol. The summed E-state index contributed by atoms with van der Waals surface area (Å²) in [5.74, 6) is 0.680. The molecule has 1 aromatic heterocycles. The van der Waals surface area contributed by atoms with Gasteiger partial charge in [-0.3, -0.25) is 14.5 Å². The maximum Gasteiger partial charge on any atom is 0.255 e. The Bertz CT molecular complexity index is 1240. The highest BCUT2D eigenvalue weighted by atomic mass is 35.5. The molecule has 1 unspecified atom stereocenters. The number of nitrogens with one attached hydrogen (secondary N) is 1. The summed E-state index contributed by atoms with van der Waals surface area (Å²) >= 11 is 6.26. The van der Waals surface area contributed by atoms with Crippen LogP contribution in [0.1, 0.15) is 54.8 Å². The average molecular weight is 522 g/mol. The van der Waals surface area contributed by atoms with Gasteiger partial charge in [-0.2, -0.15) is 4.98 Å². The molecule has 2 fully saturated rings. The summed E-state index contributed by atoms with van der Waals surface area (Å²) in [6.45, 7) is 3.43. The number of anilines is 1. The van der Waals surface area contributed by atoms with Crippen molar-refractivity contribution in [2.24, 2.45) is 5.92 Å². The van der Waals surface area contributed by atoms with E-state index in [1.807, 2.05) is 47.4 Å². The number of benzene rings is 2. The van der Waals surface area contributed by atoms with Gasteiger partial charge in [0.15, 0.2) is 0 Å². The van der Waals surface area contributed by atoms with Crippen molar-refractivity contribution in [2.45, 2.75) is 45.1 Å². The summed E-state index contributed by atoms with van der Waals surface area (Å²) in [5.41, 5.74) is 1.87. The number of hydrogen-bond acceptors (Lipinski definition) is 6. The summed E-state index contributed by atoms with van der Waals surface area (Å²) < 4.78 is 5.47. The van der Waals surface area contributed by atoms with Crippen LogP contribution in [0, 0.1) is 5.92 Å². The molecule has 2 aliphatic heterocycles. The number of carbonyl (C=O) groups is 2. The quantitative estimate of drug-likeness (QED) is 0.476. The fourth-order valence-corrected chi connectivity index (χ4v) is 5.35. The van der Waals surface area contributed by atoms with Crippen LogP contribution < -0.4 is 5.32 Å². The number of nitrogens with zero attached hydrogens (tertiary/aromatic N) is 4. The number of aromatic nitrogens is 2. The van der Waals surface area contributed by atoms with Gasteiger partial charge >= 0.3 is 0 Å². The second kappa shape index (κ2) is 11.9. The van der Waals surface area contributed by atoms with Gasteiger partial charge in [0, 0.05) is 25.2 Å². The third-order valence-corrected chi connectivity index (χ3v) is 7.46. The standard InChI is InChI=1S/C28H32ClN5O3/c29-23-13-5-3-11-21(23)26-31-25(37-32-26)19-33-15-9-10-20(18-33)27(35)30-24-14-6-4-12-22(24)28(36)34-16-7-1-2-8-17-34/h3-6,11-14,20H,1-2,7-10,15-19H2,(H,30,35). The van der Waals surface area contributed by atoms with Crippen molar-refractivity contribution in [1.82, 2.24) is 19.9 Å². The molecule has 3 heterocycles. The molecule has 3 aromatic rings. The number of likely N-dealkylation sites (tertiary alicyclic amines) is 2. The first-order valence-electron chi connectivity index (χ1n) is 13.1. The lowest BCUT2D eigenvalue weighted by atomic mass is 9.96. The van der Waals surface area contributed by atoms with Crippen LogP contribution >= 0.6 is 11.6 Å². The van der Waals surface area contributed by atoms with E-state index in [1.54, 1.807) is 6.07 Å². The first-order valence-corrected chi connectivity index (χ1v) is 13.5. The fraction of sp³-hybridized carbons (Fsp3) is 0.429. The molecule has 2 saturated heterocycles. The maximum absolute atomic E-state index is 13.3. The van der Waals surface area contributed by atoms with E-state index in [9.17, 15) is 9.59 Å². The monoisotopic (exact) mass is 521 g/mol. The zero-order valence-corrected chi connectivity index (χ0v) is 21.6. The Morgan fingerprint density at radius 2 is 1.73 bits per heavy atom. The summed E-state index contributed by atoms with van der Waals surface area (Å²) in [6.07, 6.45) is 6.05. The van der Waals surface area contributed by atoms with E-state index < -0.39 is 0 Å². The van der Waals surface area contributed by atoms with Gasteiger partial charge in [0.2, 0.25) is 17.6 Å². The highest BCUT2D eigenvalue weighted by molar-refractivity contribution is 6.33. The van der Waals surface area contributed by atoms with Gasteiger partial charge in [-0.1, -0.05) is 53.9 Å². The molecule has 9 heteroatoms. The molecule has 0 spiro atoms. The van der Waals surface area contributed by atoms with Crippen LogP contribution in [0.25, 0.3) is 11.4 Å². The molecule has 0 bridgehead atoms. The van der Waals surface area contributed by atoms with Crippen LogP contribution in [0.2, 0.25) is 5.02 Å². The molecular formula is C28H32ClN5O3. The van der Waals surface area contributed by atoms with Crippen LogP contribution in [0.3, 0.4) is 0 Å². The molecule has 2 aliphatic rings. The van der Waals surface area contributed by atoms with Gasteiger partial charge < -0.3 is 14.7 Å².